The normalized spacial score (nSPS) is 19.4. The number of likely N-dealkylation sites (N-methyl/N-ethyl adjacent to an activating group) is 2. The van der Waals surface area contributed by atoms with Crippen LogP contribution in [0.25, 0.3) is 0 Å². The van der Waals surface area contributed by atoms with Gasteiger partial charge in [0.05, 0.1) is 0 Å². The van der Waals surface area contributed by atoms with E-state index in [1.54, 1.807) is 0 Å². The van der Waals surface area contributed by atoms with Crippen molar-refractivity contribution >= 4 is 0 Å². The van der Waals surface area contributed by atoms with Gasteiger partial charge in [0.15, 0.2) is 0 Å². The van der Waals surface area contributed by atoms with Gasteiger partial charge in [-0.3, -0.25) is 0 Å². The molecule has 0 amide bonds. The van der Waals surface area contributed by atoms with Gasteiger partial charge < -0.3 is 9.80 Å². The number of piperazine rings is 1. The van der Waals surface area contributed by atoms with Crippen LogP contribution in [0, 0.1) is 0 Å². The maximum atomic E-state index is 2.49. The van der Waals surface area contributed by atoms with Crippen molar-refractivity contribution in [3.63, 3.8) is 0 Å². The van der Waals surface area contributed by atoms with Gasteiger partial charge >= 0.3 is 0 Å². The summed E-state index contributed by atoms with van der Waals surface area (Å²) in [7, 11) is 2.19. The molecule has 0 spiro atoms. The molecule has 0 aromatic heterocycles. The van der Waals surface area contributed by atoms with Gasteiger partial charge in [0, 0.05) is 26.2 Å². The maximum absolute atomic E-state index is 2.49. The summed E-state index contributed by atoms with van der Waals surface area (Å²) in [6.45, 7) is 12.8. The molecular weight excluding hydrogens is 160 g/mol. The standard InChI is InChI=1S/C7H16N2.C4H10/c1-3-9-6-4-8(2)5-7-9;1-3-4-2/h3-7H2,1-2H3;3-4H2,1-2H3. The molecule has 80 valence electrons. The molecule has 0 bridgehead atoms. The van der Waals surface area contributed by atoms with Crippen LogP contribution in [-0.4, -0.2) is 49.6 Å². The van der Waals surface area contributed by atoms with Crippen molar-refractivity contribution in [3.8, 4) is 0 Å². The predicted octanol–water partition coefficient (Wildman–Crippen LogP) is 2.06. The van der Waals surface area contributed by atoms with Crippen molar-refractivity contribution in [3.05, 3.63) is 0 Å². The van der Waals surface area contributed by atoms with E-state index in [1.807, 2.05) is 0 Å². The molecule has 2 heteroatoms. The fraction of sp³-hybridized carbons (Fsp3) is 1.00. The van der Waals surface area contributed by atoms with Gasteiger partial charge in [0.1, 0.15) is 0 Å². The van der Waals surface area contributed by atoms with Crippen LogP contribution < -0.4 is 0 Å². The molecule has 0 aromatic carbocycles. The van der Waals surface area contributed by atoms with Crippen LogP contribution >= 0.6 is 0 Å². The molecule has 0 aromatic rings. The average molecular weight is 186 g/mol. The third-order valence-corrected chi connectivity index (χ3v) is 2.54. The number of rotatable bonds is 2. The van der Waals surface area contributed by atoms with E-state index in [2.05, 4.69) is 37.6 Å². The first kappa shape index (κ1) is 12.9. The fourth-order valence-corrected chi connectivity index (χ4v) is 1.16. The molecule has 1 aliphatic rings. The van der Waals surface area contributed by atoms with Crippen molar-refractivity contribution < 1.29 is 0 Å². The van der Waals surface area contributed by atoms with Gasteiger partial charge in [-0.05, 0) is 13.6 Å². The van der Waals surface area contributed by atoms with Gasteiger partial charge in [-0.15, -0.1) is 0 Å². The van der Waals surface area contributed by atoms with E-state index in [0.29, 0.717) is 0 Å². The SMILES string of the molecule is CCCC.CCN1CCN(C)CC1. The third kappa shape index (κ3) is 7.03. The summed E-state index contributed by atoms with van der Waals surface area (Å²) in [6, 6.07) is 0. The summed E-state index contributed by atoms with van der Waals surface area (Å²) in [5.41, 5.74) is 0. The van der Waals surface area contributed by atoms with E-state index in [0.717, 1.165) is 0 Å². The van der Waals surface area contributed by atoms with Crippen molar-refractivity contribution in [1.82, 2.24) is 9.80 Å². The monoisotopic (exact) mass is 186 g/mol. The highest BCUT2D eigenvalue weighted by atomic mass is 15.2. The Morgan fingerprint density at radius 3 is 1.62 bits per heavy atom. The second-order valence-electron chi connectivity index (χ2n) is 3.74. The van der Waals surface area contributed by atoms with Crippen molar-refractivity contribution in [2.45, 2.75) is 33.6 Å². The van der Waals surface area contributed by atoms with Crippen LogP contribution in [0.4, 0.5) is 0 Å². The van der Waals surface area contributed by atoms with Crippen LogP contribution in [-0.2, 0) is 0 Å². The Bertz CT molecular complexity index is 94.3. The van der Waals surface area contributed by atoms with Crippen molar-refractivity contribution in [1.29, 1.82) is 0 Å². The topological polar surface area (TPSA) is 6.48 Å². The lowest BCUT2D eigenvalue weighted by Crippen LogP contribution is -2.44. The lowest BCUT2D eigenvalue weighted by Gasteiger charge is -2.31. The second kappa shape index (κ2) is 8.52. The lowest BCUT2D eigenvalue weighted by atomic mass is 10.3. The summed E-state index contributed by atoms with van der Waals surface area (Å²) in [6.07, 6.45) is 2.64. The van der Waals surface area contributed by atoms with Gasteiger partial charge in [0.25, 0.3) is 0 Å². The summed E-state index contributed by atoms with van der Waals surface area (Å²) < 4.78 is 0. The Hall–Kier alpha value is -0.0800. The third-order valence-electron chi connectivity index (χ3n) is 2.54. The quantitative estimate of drug-likeness (QED) is 0.651. The summed E-state index contributed by atoms with van der Waals surface area (Å²) in [5, 5.41) is 0. The van der Waals surface area contributed by atoms with Crippen LogP contribution in [0.3, 0.4) is 0 Å². The smallest absolute Gasteiger partial charge is 0.0110 e. The molecule has 1 aliphatic heterocycles. The Labute approximate surface area is 83.9 Å². The molecule has 1 fully saturated rings. The van der Waals surface area contributed by atoms with Gasteiger partial charge in [-0.25, -0.2) is 0 Å². The van der Waals surface area contributed by atoms with Crippen molar-refractivity contribution in [2.75, 3.05) is 39.8 Å². The Kier molecular flexibility index (Phi) is 8.46. The van der Waals surface area contributed by atoms with Crippen LogP contribution in [0.2, 0.25) is 0 Å². The van der Waals surface area contributed by atoms with Crippen LogP contribution in [0.15, 0.2) is 0 Å². The van der Waals surface area contributed by atoms with E-state index in [-0.39, 0.29) is 0 Å². The zero-order valence-electron chi connectivity index (χ0n) is 9.84. The molecule has 0 N–H and O–H groups in total. The number of hydrogen-bond acceptors (Lipinski definition) is 2. The minimum atomic E-state index is 1.22. The summed E-state index contributed by atoms with van der Waals surface area (Å²) >= 11 is 0. The largest absolute Gasteiger partial charge is 0.304 e. The van der Waals surface area contributed by atoms with Gasteiger partial charge in [-0.2, -0.15) is 0 Å². The summed E-state index contributed by atoms with van der Waals surface area (Å²) in [5.74, 6) is 0. The minimum absolute atomic E-state index is 1.22. The highest BCUT2D eigenvalue weighted by molar-refractivity contribution is 4.66. The highest BCUT2D eigenvalue weighted by Gasteiger charge is 2.10. The molecule has 0 radical (unpaired) electrons. The van der Waals surface area contributed by atoms with Crippen LogP contribution in [0.5, 0.6) is 0 Å². The van der Waals surface area contributed by atoms with E-state index in [1.165, 1.54) is 45.6 Å². The minimum Gasteiger partial charge on any atom is -0.304 e. The molecule has 2 nitrogen and oxygen atoms in total. The molecule has 13 heavy (non-hydrogen) atoms. The zero-order valence-corrected chi connectivity index (χ0v) is 9.84. The number of unbranched alkanes of at least 4 members (excludes halogenated alkanes) is 1. The molecule has 1 rings (SSSR count). The second-order valence-corrected chi connectivity index (χ2v) is 3.74. The number of hydrogen-bond donors (Lipinski definition) is 0. The highest BCUT2D eigenvalue weighted by Crippen LogP contribution is 1.96. The Morgan fingerprint density at radius 2 is 1.31 bits per heavy atom. The molecule has 0 unspecified atom stereocenters. The summed E-state index contributed by atoms with van der Waals surface area (Å²) in [4.78, 5) is 4.87. The molecule has 1 heterocycles. The Balaban J connectivity index is 0.000000310. The average Bonchev–Trinajstić information content (AvgIpc) is 2.19. The molecule has 1 saturated heterocycles. The van der Waals surface area contributed by atoms with Crippen molar-refractivity contribution in [2.24, 2.45) is 0 Å². The van der Waals surface area contributed by atoms with Gasteiger partial charge in [-0.1, -0.05) is 33.6 Å². The molecular formula is C11H26N2. The van der Waals surface area contributed by atoms with Gasteiger partial charge in [0.2, 0.25) is 0 Å². The predicted molar refractivity (Wildman–Crippen MR) is 60.2 cm³/mol. The zero-order chi connectivity index (χ0) is 10.1. The fourth-order valence-electron chi connectivity index (χ4n) is 1.16. The lowest BCUT2D eigenvalue weighted by molar-refractivity contribution is 0.160. The maximum Gasteiger partial charge on any atom is 0.0110 e. The van der Waals surface area contributed by atoms with E-state index in [4.69, 9.17) is 0 Å². The van der Waals surface area contributed by atoms with E-state index in [9.17, 15) is 0 Å². The molecule has 0 saturated carbocycles. The molecule has 0 aliphatic carbocycles. The molecule has 0 atom stereocenters. The van der Waals surface area contributed by atoms with E-state index < -0.39 is 0 Å². The Morgan fingerprint density at radius 1 is 0.846 bits per heavy atom. The van der Waals surface area contributed by atoms with E-state index >= 15 is 0 Å². The first-order valence-electron chi connectivity index (χ1n) is 5.65. The first-order chi connectivity index (χ1) is 6.24. The first-order valence-corrected chi connectivity index (χ1v) is 5.65. The van der Waals surface area contributed by atoms with Crippen LogP contribution in [0.1, 0.15) is 33.6 Å². The number of nitrogens with zero attached hydrogens (tertiary/aromatic N) is 2.